The Morgan fingerprint density at radius 2 is 1.79 bits per heavy atom. The predicted molar refractivity (Wildman–Crippen MR) is 56.9 cm³/mol. The molecule has 0 saturated heterocycles. The predicted octanol–water partition coefficient (Wildman–Crippen LogP) is -0.627. The first kappa shape index (κ1) is 13.5. The van der Waals surface area contributed by atoms with E-state index in [1.807, 2.05) is 12.1 Å². The van der Waals surface area contributed by atoms with Crippen LogP contribution in [0.3, 0.4) is 0 Å². The first-order valence-electron chi connectivity index (χ1n) is 4.76. The number of benzene rings is 1. The van der Waals surface area contributed by atoms with Gasteiger partial charge in [-0.3, -0.25) is 4.48 Å². The molecule has 1 N–H and O–H groups in total. The summed E-state index contributed by atoms with van der Waals surface area (Å²) in [6.45, 7) is 6.40. The summed E-state index contributed by atoms with van der Waals surface area (Å²) in [7, 11) is 2.18. The van der Waals surface area contributed by atoms with Crippen molar-refractivity contribution in [3.63, 3.8) is 0 Å². The monoisotopic (exact) mass is 259 g/mol. The van der Waals surface area contributed by atoms with Crippen LogP contribution in [0.2, 0.25) is 0 Å². The van der Waals surface area contributed by atoms with Crippen LogP contribution >= 0.6 is 0 Å². The maximum atomic E-state index is 9.36. The van der Waals surface area contributed by atoms with E-state index in [9.17, 15) is 5.11 Å². The summed E-state index contributed by atoms with van der Waals surface area (Å²) in [4.78, 5) is 0. The van der Waals surface area contributed by atoms with Gasteiger partial charge in [0.1, 0.15) is 11.4 Å². The van der Waals surface area contributed by atoms with Gasteiger partial charge in [0.2, 0.25) is 0 Å². The maximum Gasteiger partial charge on any atom is 0.136 e. The van der Waals surface area contributed by atoms with Gasteiger partial charge in [0, 0.05) is 6.07 Å². The second kappa shape index (κ2) is 5.37. The molecule has 0 bridgehead atoms. The Kier molecular flexibility index (Phi) is 5.16. The lowest BCUT2D eigenvalue weighted by molar-refractivity contribution is -0.00000392. The third-order valence-corrected chi connectivity index (χ3v) is 2.85. The molecule has 80 valence electrons. The van der Waals surface area contributed by atoms with E-state index in [-0.39, 0.29) is 17.0 Å². The Morgan fingerprint density at radius 3 is 2.21 bits per heavy atom. The maximum absolute atomic E-state index is 9.36. The van der Waals surface area contributed by atoms with Gasteiger partial charge in [-0.25, -0.2) is 0 Å². The van der Waals surface area contributed by atoms with Crippen molar-refractivity contribution in [2.24, 2.45) is 0 Å². The van der Waals surface area contributed by atoms with Gasteiger partial charge < -0.3 is 22.1 Å². The number of aromatic hydroxyl groups is 1. The van der Waals surface area contributed by atoms with Crippen LogP contribution in [-0.4, -0.2) is 25.2 Å². The molecule has 0 spiro atoms. The van der Waals surface area contributed by atoms with Crippen molar-refractivity contribution in [1.29, 1.82) is 0 Å². The highest BCUT2D eigenvalue weighted by atomic mass is 79.9. The minimum Gasteiger partial charge on any atom is -1.00 e. The van der Waals surface area contributed by atoms with Crippen molar-refractivity contribution < 1.29 is 22.1 Å². The van der Waals surface area contributed by atoms with Gasteiger partial charge >= 0.3 is 0 Å². The standard InChI is InChI=1S/C11H17NO.BrH/c1-4-12(3,5-2)10-7-6-8-11(13)9-10;/h6-9H,4-5H2,1-3H3;1H. The van der Waals surface area contributed by atoms with E-state index in [1.54, 1.807) is 6.07 Å². The van der Waals surface area contributed by atoms with Gasteiger partial charge in [0.25, 0.3) is 0 Å². The van der Waals surface area contributed by atoms with Gasteiger partial charge in [-0.1, -0.05) is 6.07 Å². The SMILES string of the molecule is CC[N+](C)(CC)c1cccc(O)c1.[Br-]. The van der Waals surface area contributed by atoms with Gasteiger partial charge in [-0.2, -0.15) is 0 Å². The lowest BCUT2D eigenvalue weighted by Gasteiger charge is -2.31. The minimum atomic E-state index is 0. The molecule has 0 aliphatic heterocycles. The lowest BCUT2D eigenvalue weighted by atomic mass is 10.2. The molecule has 0 heterocycles. The zero-order chi connectivity index (χ0) is 9.90. The summed E-state index contributed by atoms with van der Waals surface area (Å²) in [6.07, 6.45) is 0. The van der Waals surface area contributed by atoms with E-state index in [1.165, 1.54) is 5.69 Å². The molecule has 0 fully saturated rings. The van der Waals surface area contributed by atoms with Crippen LogP contribution in [0.5, 0.6) is 5.75 Å². The van der Waals surface area contributed by atoms with Crippen LogP contribution in [0, 0.1) is 0 Å². The number of phenols is 1. The molecular formula is C11H18BrNO. The summed E-state index contributed by atoms with van der Waals surface area (Å²) >= 11 is 0. The molecule has 0 aliphatic rings. The minimum absolute atomic E-state index is 0. The van der Waals surface area contributed by atoms with Crippen LogP contribution in [0.1, 0.15) is 13.8 Å². The molecule has 2 nitrogen and oxygen atoms in total. The van der Waals surface area contributed by atoms with E-state index in [2.05, 4.69) is 27.0 Å². The fourth-order valence-electron chi connectivity index (χ4n) is 1.42. The second-order valence-corrected chi connectivity index (χ2v) is 3.55. The molecule has 0 unspecified atom stereocenters. The summed E-state index contributed by atoms with van der Waals surface area (Å²) in [6, 6.07) is 7.51. The van der Waals surface area contributed by atoms with Crippen molar-refractivity contribution in [3.8, 4) is 5.75 Å². The summed E-state index contributed by atoms with van der Waals surface area (Å²) in [5.74, 6) is 0.351. The molecule has 0 amide bonds. The van der Waals surface area contributed by atoms with Gasteiger partial charge in [-0.15, -0.1) is 0 Å². The van der Waals surface area contributed by atoms with Crippen molar-refractivity contribution in [3.05, 3.63) is 24.3 Å². The third kappa shape index (κ3) is 2.72. The van der Waals surface area contributed by atoms with E-state index < -0.39 is 0 Å². The number of nitrogens with zero attached hydrogens (tertiary/aromatic N) is 1. The zero-order valence-corrected chi connectivity index (χ0v) is 10.6. The molecule has 1 aromatic carbocycles. The Morgan fingerprint density at radius 1 is 1.21 bits per heavy atom. The number of phenolic OH excluding ortho intramolecular Hbond substituents is 1. The average Bonchev–Trinajstić information content (AvgIpc) is 2.17. The number of hydrogen-bond acceptors (Lipinski definition) is 1. The van der Waals surface area contributed by atoms with Crippen LogP contribution in [0.4, 0.5) is 5.69 Å². The summed E-state index contributed by atoms with van der Waals surface area (Å²) < 4.78 is 0.869. The third-order valence-electron chi connectivity index (χ3n) is 2.85. The van der Waals surface area contributed by atoms with E-state index in [0.717, 1.165) is 17.6 Å². The molecule has 0 aromatic heterocycles. The molecule has 0 aliphatic carbocycles. The smallest absolute Gasteiger partial charge is 0.136 e. The number of rotatable bonds is 3. The number of quaternary nitrogens is 1. The number of hydrogen-bond donors (Lipinski definition) is 1. The fourth-order valence-corrected chi connectivity index (χ4v) is 1.42. The number of halogens is 1. The Labute approximate surface area is 96.5 Å². The quantitative estimate of drug-likeness (QED) is 0.718. The Bertz CT molecular complexity index is 284. The van der Waals surface area contributed by atoms with Gasteiger partial charge in [0.05, 0.1) is 20.1 Å². The van der Waals surface area contributed by atoms with E-state index >= 15 is 0 Å². The first-order chi connectivity index (χ1) is 6.12. The van der Waals surface area contributed by atoms with Gasteiger partial charge in [0.15, 0.2) is 0 Å². The largest absolute Gasteiger partial charge is 1.00 e. The molecule has 1 aromatic rings. The summed E-state index contributed by atoms with van der Waals surface area (Å²) in [5, 5.41) is 9.36. The van der Waals surface area contributed by atoms with Crippen LogP contribution < -0.4 is 21.5 Å². The molecule has 0 atom stereocenters. The Balaban J connectivity index is 0.00000169. The molecular weight excluding hydrogens is 242 g/mol. The van der Waals surface area contributed by atoms with E-state index in [0.29, 0.717) is 5.75 Å². The normalized spacial score (nSPS) is 10.8. The van der Waals surface area contributed by atoms with Crippen molar-refractivity contribution in [2.45, 2.75) is 13.8 Å². The highest BCUT2D eigenvalue weighted by molar-refractivity contribution is 5.46. The fraction of sp³-hybridized carbons (Fsp3) is 0.455. The van der Waals surface area contributed by atoms with Crippen molar-refractivity contribution in [1.82, 2.24) is 4.48 Å². The van der Waals surface area contributed by atoms with Crippen LogP contribution in [0.25, 0.3) is 0 Å². The molecule has 0 radical (unpaired) electrons. The molecule has 14 heavy (non-hydrogen) atoms. The summed E-state index contributed by atoms with van der Waals surface area (Å²) in [5.41, 5.74) is 1.17. The van der Waals surface area contributed by atoms with Crippen LogP contribution in [0.15, 0.2) is 24.3 Å². The molecule has 3 heteroatoms. The topological polar surface area (TPSA) is 20.2 Å². The average molecular weight is 260 g/mol. The van der Waals surface area contributed by atoms with Gasteiger partial charge in [-0.05, 0) is 26.0 Å². The first-order valence-corrected chi connectivity index (χ1v) is 4.76. The molecule has 0 saturated carbocycles. The van der Waals surface area contributed by atoms with Crippen LogP contribution in [-0.2, 0) is 0 Å². The second-order valence-electron chi connectivity index (χ2n) is 3.55. The Hall–Kier alpha value is -0.540. The zero-order valence-electron chi connectivity index (χ0n) is 9.00. The van der Waals surface area contributed by atoms with E-state index in [4.69, 9.17) is 0 Å². The molecule has 1 rings (SSSR count). The van der Waals surface area contributed by atoms with Crippen molar-refractivity contribution >= 4 is 5.69 Å². The highest BCUT2D eigenvalue weighted by Crippen LogP contribution is 2.24. The lowest BCUT2D eigenvalue weighted by Crippen LogP contribution is -3.00. The van der Waals surface area contributed by atoms with Crippen molar-refractivity contribution in [2.75, 3.05) is 20.1 Å². The highest BCUT2D eigenvalue weighted by Gasteiger charge is 2.19.